The van der Waals surface area contributed by atoms with Crippen molar-refractivity contribution in [3.8, 4) is 0 Å². The van der Waals surface area contributed by atoms with Crippen molar-refractivity contribution in [3.63, 3.8) is 0 Å². The van der Waals surface area contributed by atoms with Crippen LogP contribution < -0.4 is 5.73 Å². The van der Waals surface area contributed by atoms with Crippen molar-refractivity contribution in [2.24, 2.45) is 11.7 Å². The summed E-state index contributed by atoms with van der Waals surface area (Å²) in [5, 5.41) is 7.36. The van der Waals surface area contributed by atoms with Crippen LogP contribution in [0.1, 0.15) is 30.4 Å². The number of amidine groups is 1. The molecule has 1 aliphatic carbocycles. The van der Waals surface area contributed by atoms with Gasteiger partial charge in [-0.3, -0.25) is 10.3 Å². The Morgan fingerprint density at radius 1 is 1.29 bits per heavy atom. The summed E-state index contributed by atoms with van der Waals surface area (Å²) in [6.45, 7) is 2.33. The lowest BCUT2D eigenvalue weighted by Crippen LogP contribution is -2.31. The van der Waals surface area contributed by atoms with Crippen LogP contribution in [0.3, 0.4) is 0 Å². The van der Waals surface area contributed by atoms with E-state index in [2.05, 4.69) is 17.0 Å². The molecule has 3 rings (SSSR count). The molecule has 90 valence electrons. The molecule has 2 atom stereocenters. The second kappa shape index (κ2) is 4.15. The average molecular weight is 229 g/mol. The lowest BCUT2D eigenvalue weighted by Gasteiger charge is -2.26. The second-order valence-corrected chi connectivity index (χ2v) is 5.37. The topological polar surface area (TPSA) is 53.1 Å². The molecule has 2 unspecified atom stereocenters. The van der Waals surface area contributed by atoms with Crippen LogP contribution >= 0.6 is 0 Å². The number of nitrogens with two attached hydrogens (primary N) is 1. The number of nitrogens with one attached hydrogen (secondary N) is 1. The molecule has 1 aromatic carbocycles. The molecular weight excluding hydrogens is 210 g/mol. The highest BCUT2D eigenvalue weighted by Gasteiger charge is 2.37. The number of nitrogen functional groups attached to an aromatic ring is 1. The molecule has 17 heavy (non-hydrogen) atoms. The summed E-state index contributed by atoms with van der Waals surface area (Å²) in [4.78, 5) is 2.61. The average Bonchev–Trinajstić information content (AvgIpc) is 2.91. The van der Waals surface area contributed by atoms with E-state index < -0.39 is 0 Å². The summed E-state index contributed by atoms with van der Waals surface area (Å²) in [7, 11) is 0. The molecule has 0 aromatic heterocycles. The van der Waals surface area contributed by atoms with Gasteiger partial charge in [0, 0.05) is 24.7 Å². The molecule has 2 fully saturated rings. The van der Waals surface area contributed by atoms with E-state index in [1.54, 1.807) is 0 Å². The van der Waals surface area contributed by atoms with Crippen LogP contribution in [0, 0.1) is 11.3 Å². The maximum atomic E-state index is 7.36. The summed E-state index contributed by atoms with van der Waals surface area (Å²) in [5.74, 6) is 1.10. The first kappa shape index (κ1) is 10.8. The van der Waals surface area contributed by atoms with Crippen molar-refractivity contribution < 1.29 is 0 Å². The van der Waals surface area contributed by atoms with E-state index >= 15 is 0 Å². The molecule has 1 saturated heterocycles. The van der Waals surface area contributed by atoms with Gasteiger partial charge >= 0.3 is 0 Å². The Morgan fingerprint density at radius 2 is 2.06 bits per heavy atom. The quantitative estimate of drug-likeness (QED) is 0.615. The largest absolute Gasteiger partial charge is 0.384 e. The van der Waals surface area contributed by atoms with E-state index in [9.17, 15) is 0 Å². The van der Waals surface area contributed by atoms with Gasteiger partial charge in [-0.05, 0) is 30.7 Å². The normalized spacial score (nSPS) is 27.5. The maximum Gasteiger partial charge on any atom is 0.122 e. The molecular formula is C14H19N3. The number of piperidine rings is 1. The molecule has 3 N–H and O–H groups in total. The molecule has 1 saturated carbocycles. The minimum absolute atomic E-state index is 0.150. The Balaban J connectivity index is 1.67. The smallest absolute Gasteiger partial charge is 0.122 e. The number of hydrogen-bond acceptors (Lipinski definition) is 2. The summed E-state index contributed by atoms with van der Waals surface area (Å²) in [5.41, 5.74) is 7.60. The fourth-order valence-electron chi connectivity index (χ4n) is 3.24. The number of likely N-dealkylation sites (tertiary alicyclic amines) is 1. The lowest BCUT2D eigenvalue weighted by molar-refractivity contribution is 0.205. The fraction of sp³-hybridized carbons (Fsp3) is 0.500. The molecule has 1 heterocycles. The van der Waals surface area contributed by atoms with Crippen molar-refractivity contribution in [2.75, 3.05) is 6.54 Å². The van der Waals surface area contributed by atoms with Crippen molar-refractivity contribution in [2.45, 2.75) is 31.8 Å². The van der Waals surface area contributed by atoms with Crippen LogP contribution in [0.15, 0.2) is 24.3 Å². The number of hydrogen-bond donors (Lipinski definition) is 2. The van der Waals surface area contributed by atoms with E-state index in [1.165, 1.54) is 31.4 Å². The van der Waals surface area contributed by atoms with Crippen LogP contribution in [0.25, 0.3) is 0 Å². The highest BCUT2D eigenvalue weighted by atomic mass is 15.2. The highest BCUT2D eigenvalue weighted by Crippen LogP contribution is 2.37. The van der Waals surface area contributed by atoms with E-state index in [0.717, 1.165) is 24.1 Å². The van der Waals surface area contributed by atoms with Gasteiger partial charge in [-0.25, -0.2) is 0 Å². The Kier molecular flexibility index (Phi) is 2.63. The minimum Gasteiger partial charge on any atom is -0.384 e. The van der Waals surface area contributed by atoms with E-state index in [1.807, 2.05) is 12.1 Å². The van der Waals surface area contributed by atoms with Gasteiger partial charge < -0.3 is 5.73 Å². The maximum absolute atomic E-state index is 7.36. The number of rotatable bonds is 3. The van der Waals surface area contributed by atoms with E-state index in [-0.39, 0.29) is 5.84 Å². The van der Waals surface area contributed by atoms with E-state index in [0.29, 0.717) is 0 Å². The van der Waals surface area contributed by atoms with Crippen molar-refractivity contribution in [3.05, 3.63) is 35.4 Å². The molecule has 0 amide bonds. The third-order valence-electron chi connectivity index (χ3n) is 4.17. The zero-order valence-corrected chi connectivity index (χ0v) is 10.0. The highest BCUT2D eigenvalue weighted by molar-refractivity contribution is 5.94. The molecule has 2 aliphatic rings. The predicted octanol–water partition coefficient (Wildman–Crippen LogP) is 1.95. The predicted molar refractivity (Wildman–Crippen MR) is 69.0 cm³/mol. The number of nitrogens with zero attached hydrogens (tertiary/aromatic N) is 1. The standard InChI is InChI=1S/C14H19N3/c15-14(16)12-4-1-10(2-5-12)8-17-9-11-3-6-13(17)7-11/h1-2,4-5,11,13H,3,6-9H2,(H3,15,16). The van der Waals surface area contributed by atoms with Crippen LogP contribution in [0.4, 0.5) is 0 Å². The van der Waals surface area contributed by atoms with Crippen molar-refractivity contribution >= 4 is 5.84 Å². The van der Waals surface area contributed by atoms with Gasteiger partial charge in [-0.2, -0.15) is 0 Å². The van der Waals surface area contributed by atoms with Gasteiger partial charge in [-0.15, -0.1) is 0 Å². The SMILES string of the molecule is N=C(N)c1ccc(CN2CC3CCC2C3)cc1. The monoisotopic (exact) mass is 229 g/mol. The van der Waals surface area contributed by atoms with Gasteiger partial charge in [0.15, 0.2) is 0 Å². The minimum atomic E-state index is 0.150. The zero-order valence-electron chi connectivity index (χ0n) is 10.0. The first-order valence-electron chi connectivity index (χ1n) is 6.40. The third kappa shape index (κ3) is 2.07. The Hall–Kier alpha value is -1.35. The van der Waals surface area contributed by atoms with Crippen LogP contribution in [0.5, 0.6) is 0 Å². The Bertz CT molecular complexity index is 424. The first-order chi connectivity index (χ1) is 8.22. The molecule has 0 radical (unpaired) electrons. The molecule has 0 spiro atoms. The number of fused-ring (bicyclic) bond motifs is 2. The Morgan fingerprint density at radius 3 is 2.59 bits per heavy atom. The molecule has 3 nitrogen and oxygen atoms in total. The summed E-state index contributed by atoms with van der Waals surface area (Å²) >= 11 is 0. The van der Waals surface area contributed by atoms with Gasteiger partial charge in [0.25, 0.3) is 0 Å². The number of benzene rings is 1. The first-order valence-corrected chi connectivity index (χ1v) is 6.40. The Labute approximate surface area is 102 Å². The van der Waals surface area contributed by atoms with Gasteiger partial charge in [0.1, 0.15) is 5.84 Å². The van der Waals surface area contributed by atoms with Gasteiger partial charge in [0.05, 0.1) is 0 Å². The van der Waals surface area contributed by atoms with Crippen molar-refractivity contribution in [1.82, 2.24) is 4.90 Å². The second-order valence-electron chi connectivity index (χ2n) is 5.37. The summed E-state index contributed by atoms with van der Waals surface area (Å²) < 4.78 is 0. The van der Waals surface area contributed by atoms with Crippen LogP contribution in [0.2, 0.25) is 0 Å². The lowest BCUT2D eigenvalue weighted by atomic mass is 10.1. The third-order valence-corrected chi connectivity index (χ3v) is 4.17. The fourth-order valence-corrected chi connectivity index (χ4v) is 3.24. The van der Waals surface area contributed by atoms with E-state index in [4.69, 9.17) is 11.1 Å². The van der Waals surface area contributed by atoms with Crippen LogP contribution in [-0.4, -0.2) is 23.3 Å². The van der Waals surface area contributed by atoms with Gasteiger partial charge in [0.2, 0.25) is 0 Å². The van der Waals surface area contributed by atoms with Gasteiger partial charge in [-0.1, -0.05) is 24.3 Å². The van der Waals surface area contributed by atoms with Crippen LogP contribution in [-0.2, 0) is 6.54 Å². The zero-order chi connectivity index (χ0) is 11.8. The molecule has 1 aliphatic heterocycles. The summed E-state index contributed by atoms with van der Waals surface area (Å²) in [6.07, 6.45) is 4.23. The van der Waals surface area contributed by atoms with Crippen molar-refractivity contribution in [1.29, 1.82) is 5.41 Å². The molecule has 2 bridgehead atoms. The summed E-state index contributed by atoms with van der Waals surface area (Å²) in [6, 6.07) is 8.93. The molecule has 3 heteroatoms. The molecule has 1 aromatic rings.